The molecule has 2 unspecified atom stereocenters. The Morgan fingerprint density at radius 2 is 1.39 bits per heavy atom. The molecule has 1 aliphatic heterocycles. The van der Waals surface area contributed by atoms with E-state index in [1.54, 1.807) is 7.11 Å². The third kappa shape index (κ3) is 7.39. The van der Waals surface area contributed by atoms with Crippen LogP contribution >= 0.6 is 0 Å². The molecule has 0 aromatic heterocycles. The highest BCUT2D eigenvalue weighted by Gasteiger charge is 2.37. The molecule has 6 heteroatoms. The van der Waals surface area contributed by atoms with Gasteiger partial charge < -0.3 is 19.3 Å². The van der Waals surface area contributed by atoms with Crippen LogP contribution in [0, 0.1) is 11.8 Å². The number of phenolic OH excluding ortho intramolecular Hbond substituents is 1. The Kier molecular flexibility index (Phi) is 12.1. The van der Waals surface area contributed by atoms with Crippen molar-refractivity contribution in [2.75, 3.05) is 7.11 Å². The van der Waals surface area contributed by atoms with Gasteiger partial charge >= 0.3 is 11.9 Å². The highest BCUT2D eigenvalue weighted by molar-refractivity contribution is 5.92. The minimum atomic E-state index is -1.12. The quantitative estimate of drug-likeness (QED) is 0.196. The fourth-order valence-electron chi connectivity index (χ4n) is 5.45. The number of carbonyl (C=O) groups is 2. The van der Waals surface area contributed by atoms with Crippen molar-refractivity contribution in [1.29, 1.82) is 0 Å². The number of methoxy groups -OCH3 is 1. The van der Waals surface area contributed by atoms with E-state index in [2.05, 4.69) is 27.7 Å². The average molecular weight is 505 g/mol. The Labute approximate surface area is 218 Å². The van der Waals surface area contributed by atoms with Crippen LogP contribution in [-0.4, -0.2) is 24.2 Å². The largest absolute Gasteiger partial charge is 0.504 e. The van der Waals surface area contributed by atoms with Gasteiger partial charge in [0.15, 0.2) is 11.5 Å². The van der Waals surface area contributed by atoms with Crippen molar-refractivity contribution in [2.45, 2.75) is 124 Å². The first-order chi connectivity index (χ1) is 17.2. The number of benzene rings is 1. The molecule has 0 aliphatic carbocycles. The van der Waals surface area contributed by atoms with Gasteiger partial charge in [-0.2, -0.15) is 0 Å². The molecular formula is C30H48O6. The number of unbranched alkanes of at least 4 members (excludes halogenated alkanes) is 2. The SMILES string of the molecule is CCCCC(CC)Cc1c(OC)c(O)c(C(C)C)c(CC(CC)CCCC)c1C1OC(=O)CC(=O)O1. The van der Waals surface area contributed by atoms with Crippen LogP contribution in [0.5, 0.6) is 11.5 Å². The first-order valence-corrected chi connectivity index (χ1v) is 14.0. The van der Waals surface area contributed by atoms with Gasteiger partial charge in [-0.1, -0.05) is 92.9 Å². The van der Waals surface area contributed by atoms with Crippen LogP contribution in [0.3, 0.4) is 0 Å². The van der Waals surface area contributed by atoms with E-state index in [-0.39, 0.29) is 18.1 Å². The molecule has 2 rings (SSSR count). The summed E-state index contributed by atoms with van der Waals surface area (Å²) < 4.78 is 17.2. The monoisotopic (exact) mass is 504 g/mol. The van der Waals surface area contributed by atoms with Gasteiger partial charge in [-0.15, -0.1) is 0 Å². The summed E-state index contributed by atoms with van der Waals surface area (Å²) in [7, 11) is 1.56. The number of aromatic hydroxyl groups is 1. The molecule has 36 heavy (non-hydrogen) atoms. The fraction of sp³-hybridized carbons (Fsp3) is 0.733. The van der Waals surface area contributed by atoms with Crippen LogP contribution in [0.2, 0.25) is 0 Å². The van der Waals surface area contributed by atoms with E-state index in [1.807, 2.05) is 13.8 Å². The summed E-state index contributed by atoms with van der Waals surface area (Å²) in [5, 5.41) is 11.5. The Morgan fingerprint density at radius 3 is 1.81 bits per heavy atom. The van der Waals surface area contributed by atoms with Crippen LogP contribution in [0.1, 0.15) is 134 Å². The number of carbonyl (C=O) groups excluding carboxylic acids is 2. The molecule has 1 aliphatic rings. The van der Waals surface area contributed by atoms with Crippen molar-refractivity contribution in [3.8, 4) is 11.5 Å². The van der Waals surface area contributed by atoms with Crippen molar-refractivity contribution in [3.05, 3.63) is 22.3 Å². The molecule has 0 radical (unpaired) electrons. The second kappa shape index (κ2) is 14.5. The van der Waals surface area contributed by atoms with Gasteiger partial charge in [0.1, 0.15) is 6.42 Å². The van der Waals surface area contributed by atoms with E-state index >= 15 is 0 Å². The number of rotatable bonds is 15. The van der Waals surface area contributed by atoms with Crippen LogP contribution in [0.4, 0.5) is 0 Å². The topological polar surface area (TPSA) is 82.1 Å². The van der Waals surface area contributed by atoms with Crippen molar-refractivity contribution >= 4 is 11.9 Å². The molecule has 6 nitrogen and oxygen atoms in total. The van der Waals surface area contributed by atoms with Gasteiger partial charge in [0, 0.05) is 16.7 Å². The summed E-state index contributed by atoms with van der Waals surface area (Å²) in [6, 6.07) is 0. The number of esters is 2. The summed E-state index contributed by atoms with van der Waals surface area (Å²) in [6.07, 6.45) is 8.44. The Hall–Kier alpha value is -2.24. The molecule has 0 saturated carbocycles. The molecule has 0 bridgehead atoms. The Balaban J connectivity index is 2.82. The lowest BCUT2D eigenvalue weighted by atomic mass is 9.79. The Morgan fingerprint density at radius 1 is 0.889 bits per heavy atom. The molecule has 1 aromatic carbocycles. The Bertz CT molecular complexity index is 859. The molecule has 1 aromatic rings. The molecule has 1 heterocycles. The number of phenols is 1. The smallest absolute Gasteiger partial charge is 0.320 e. The van der Waals surface area contributed by atoms with E-state index in [9.17, 15) is 14.7 Å². The minimum absolute atomic E-state index is 0.00226. The highest BCUT2D eigenvalue weighted by Crippen LogP contribution is 2.48. The lowest BCUT2D eigenvalue weighted by Gasteiger charge is -2.32. The highest BCUT2D eigenvalue weighted by atomic mass is 16.7. The molecule has 2 atom stereocenters. The van der Waals surface area contributed by atoms with Crippen molar-refractivity contribution in [2.24, 2.45) is 11.8 Å². The number of hydrogen-bond acceptors (Lipinski definition) is 6. The number of ether oxygens (including phenoxy) is 3. The summed E-state index contributed by atoms with van der Waals surface area (Å²) in [5.74, 6) is 0.176. The maximum atomic E-state index is 12.4. The predicted octanol–water partition coefficient (Wildman–Crippen LogP) is 7.53. The predicted molar refractivity (Wildman–Crippen MR) is 142 cm³/mol. The van der Waals surface area contributed by atoms with Gasteiger partial charge in [0.2, 0.25) is 0 Å². The first kappa shape index (κ1) is 30.0. The average Bonchev–Trinajstić information content (AvgIpc) is 2.83. The number of cyclic esters (lactones) is 2. The number of hydrogen-bond donors (Lipinski definition) is 1. The molecule has 204 valence electrons. The van der Waals surface area contributed by atoms with Gasteiger partial charge in [-0.3, -0.25) is 9.59 Å². The zero-order chi connectivity index (χ0) is 26.8. The van der Waals surface area contributed by atoms with Crippen LogP contribution < -0.4 is 4.74 Å². The van der Waals surface area contributed by atoms with Gasteiger partial charge in [0.25, 0.3) is 6.29 Å². The van der Waals surface area contributed by atoms with Crippen LogP contribution in [0.15, 0.2) is 0 Å². The summed E-state index contributed by atoms with van der Waals surface area (Å²) in [4.78, 5) is 24.7. The first-order valence-electron chi connectivity index (χ1n) is 14.0. The molecule has 1 saturated heterocycles. The summed E-state index contributed by atoms with van der Waals surface area (Å²) in [5.41, 5.74) is 3.24. The fourth-order valence-corrected chi connectivity index (χ4v) is 5.45. The van der Waals surface area contributed by atoms with E-state index < -0.39 is 18.2 Å². The maximum absolute atomic E-state index is 12.4. The van der Waals surface area contributed by atoms with Crippen molar-refractivity contribution < 1.29 is 28.9 Å². The molecule has 1 N–H and O–H groups in total. The van der Waals surface area contributed by atoms with E-state index in [4.69, 9.17) is 14.2 Å². The standard InChI is InChI=1S/C30H48O6/c1-8-12-14-20(10-3)16-22-26(19(5)6)28(33)29(34-7)23(17-21(11-4)15-13-9-2)27(22)30-35-24(31)18-25(32)36-30/h19-21,30,33H,8-18H2,1-7H3. The third-order valence-corrected chi connectivity index (χ3v) is 7.57. The molecular weight excluding hydrogens is 456 g/mol. The van der Waals surface area contributed by atoms with Crippen molar-refractivity contribution in [3.63, 3.8) is 0 Å². The second-order valence-electron chi connectivity index (χ2n) is 10.6. The lowest BCUT2D eigenvalue weighted by Crippen LogP contribution is -2.29. The minimum Gasteiger partial charge on any atom is -0.504 e. The summed E-state index contributed by atoms with van der Waals surface area (Å²) in [6.45, 7) is 12.8. The van der Waals surface area contributed by atoms with Crippen molar-refractivity contribution in [1.82, 2.24) is 0 Å². The van der Waals surface area contributed by atoms with Gasteiger partial charge in [-0.25, -0.2) is 0 Å². The van der Waals surface area contributed by atoms with E-state index in [1.165, 1.54) is 0 Å². The third-order valence-electron chi connectivity index (χ3n) is 7.57. The molecule has 1 fully saturated rings. The zero-order valence-electron chi connectivity index (χ0n) is 23.6. The molecule has 0 spiro atoms. The maximum Gasteiger partial charge on any atom is 0.320 e. The zero-order valence-corrected chi connectivity index (χ0v) is 23.6. The second-order valence-corrected chi connectivity index (χ2v) is 10.6. The normalized spacial score (nSPS) is 16.1. The lowest BCUT2D eigenvalue weighted by molar-refractivity contribution is -0.205. The summed E-state index contributed by atoms with van der Waals surface area (Å²) >= 11 is 0. The van der Waals surface area contributed by atoms with Crippen LogP contribution in [0.25, 0.3) is 0 Å². The van der Waals surface area contributed by atoms with Gasteiger partial charge in [-0.05, 0) is 36.2 Å². The van der Waals surface area contributed by atoms with E-state index in [0.717, 1.165) is 74.5 Å². The van der Waals surface area contributed by atoms with Crippen LogP contribution in [-0.2, 0) is 31.9 Å². The van der Waals surface area contributed by atoms with Gasteiger partial charge in [0.05, 0.1) is 7.11 Å². The van der Waals surface area contributed by atoms with E-state index in [0.29, 0.717) is 29.6 Å². The molecule has 0 amide bonds.